The number of allylic oxidation sites excluding steroid dienone is 5. The van der Waals surface area contributed by atoms with Gasteiger partial charge in [0.1, 0.15) is 11.3 Å². The molecule has 2 aromatic heterocycles. The SMILES string of the molecule is C1=CC(c2cc(-c3ccccc3)cc3c4c(oc23)C(c2ccc3c5ccccc5n(-c5ccc(-c6ccc7c(-c8ccccc8)c8ccccc8c(-c8ccccc8)c7c6)cc5)c3c2)=CC(c2ccccc2)C4)=CCC1. The lowest BCUT2D eigenvalue weighted by Gasteiger charge is -2.22. The van der Waals surface area contributed by atoms with Crippen LogP contribution in [-0.2, 0) is 6.42 Å². The number of nitrogens with zero attached hydrogens (tertiary/aromatic N) is 1. The maximum atomic E-state index is 7.32. The Labute approximate surface area is 442 Å². The van der Waals surface area contributed by atoms with E-state index >= 15 is 0 Å². The molecule has 0 spiro atoms. The molecule has 358 valence electrons. The maximum absolute atomic E-state index is 7.32. The number of rotatable bonds is 8. The second-order valence-corrected chi connectivity index (χ2v) is 20.5. The van der Waals surface area contributed by atoms with Crippen molar-refractivity contribution >= 4 is 65.5 Å². The lowest BCUT2D eigenvalue weighted by molar-refractivity contribution is 0.586. The lowest BCUT2D eigenvalue weighted by Crippen LogP contribution is -2.08. The molecule has 0 fully saturated rings. The first-order chi connectivity index (χ1) is 37.7. The second-order valence-electron chi connectivity index (χ2n) is 20.5. The van der Waals surface area contributed by atoms with E-state index in [0.29, 0.717) is 0 Å². The summed E-state index contributed by atoms with van der Waals surface area (Å²) in [5.74, 6) is 1.13. The summed E-state index contributed by atoms with van der Waals surface area (Å²) in [4.78, 5) is 0. The number of furan rings is 1. The van der Waals surface area contributed by atoms with Crippen molar-refractivity contribution in [1.29, 1.82) is 0 Å². The molecule has 0 amide bonds. The van der Waals surface area contributed by atoms with Gasteiger partial charge in [-0.15, -0.1) is 0 Å². The third kappa shape index (κ3) is 7.32. The Kier molecular flexibility index (Phi) is 10.5. The summed E-state index contributed by atoms with van der Waals surface area (Å²) >= 11 is 0. The van der Waals surface area contributed by atoms with E-state index in [-0.39, 0.29) is 5.92 Å². The number of benzene rings is 11. The normalized spacial score (nSPS) is 14.4. The fraction of sp³-hybridized carbons (Fsp3) is 0.0541. The van der Waals surface area contributed by atoms with E-state index in [2.05, 4.69) is 272 Å². The highest BCUT2D eigenvalue weighted by Crippen LogP contribution is 2.48. The molecule has 76 heavy (non-hydrogen) atoms. The van der Waals surface area contributed by atoms with Gasteiger partial charge in [-0.2, -0.15) is 0 Å². The molecule has 15 rings (SSSR count). The van der Waals surface area contributed by atoms with Gasteiger partial charge < -0.3 is 8.98 Å². The van der Waals surface area contributed by atoms with Crippen molar-refractivity contribution in [2.75, 3.05) is 0 Å². The van der Waals surface area contributed by atoms with Crippen molar-refractivity contribution in [3.63, 3.8) is 0 Å². The predicted octanol–water partition coefficient (Wildman–Crippen LogP) is 20.0. The molecule has 11 aromatic carbocycles. The van der Waals surface area contributed by atoms with Crippen LogP contribution < -0.4 is 0 Å². The van der Waals surface area contributed by atoms with E-state index in [1.54, 1.807) is 0 Å². The number of para-hydroxylation sites is 1. The molecule has 0 N–H and O–H groups in total. The van der Waals surface area contributed by atoms with Crippen molar-refractivity contribution in [3.05, 3.63) is 295 Å². The summed E-state index contributed by atoms with van der Waals surface area (Å²) in [6.07, 6.45) is 12.4. The third-order valence-electron chi connectivity index (χ3n) is 16.2. The Morgan fingerprint density at radius 2 is 0.947 bits per heavy atom. The number of aromatic nitrogens is 1. The van der Waals surface area contributed by atoms with E-state index in [1.165, 1.54) is 104 Å². The van der Waals surface area contributed by atoms with Crippen LogP contribution >= 0.6 is 0 Å². The fourth-order valence-corrected chi connectivity index (χ4v) is 12.6. The molecule has 1 atom stereocenters. The van der Waals surface area contributed by atoms with Crippen molar-refractivity contribution < 1.29 is 4.42 Å². The van der Waals surface area contributed by atoms with E-state index in [9.17, 15) is 0 Å². The van der Waals surface area contributed by atoms with Gasteiger partial charge in [0.05, 0.1) is 11.0 Å². The Balaban J connectivity index is 0.887. The zero-order valence-corrected chi connectivity index (χ0v) is 42.0. The van der Waals surface area contributed by atoms with Crippen molar-refractivity contribution in [3.8, 4) is 50.2 Å². The Morgan fingerprint density at radius 1 is 0.395 bits per heavy atom. The zero-order chi connectivity index (χ0) is 50.1. The van der Waals surface area contributed by atoms with Crippen molar-refractivity contribution in [2.24, 2.45) is 0 Å². The zero-order valence-electron chi connectivity index (χ0n) is 42.0. The van der Waals surface area contributed by atoms with Gasteiger partial charge in [-0.25, -0.2) is 0 Å². The summed E-state index contributed by atoms with van der Waals surface area (Å²) in [5, 5.41) is 8.66. The molecular formula is C74H51NO. The highest BCUT2D eigenvalue weighted by atomic mass is 16.3. The minimum Gasteiger partial charge on any atom is -0.455 e. The molecule has 13 aromatic rings. The van der Waals surface area contributed by atoms with Gasteiger partial charge in [-0.1, -0.05) is 224 Å². The second kappa shape index (κ2) is 18.2. The molecule has 2 aliphatic carbocycles. The molecule has 0 aliphatic heterocycles. The minimum atomic E-state index is 0.166. The molecule has 0 saturated carbocycles. The van der Waals surface area contributed by atoms with E-state index in [4.69, 9.17) is 4.42 Å². The van der Waals surface area contributed by atoms with Crippen LogP contribution in [0.5, 0.6) is 0 Å². The number of fused-ring (bicyclic) bond motifs is 8. The quantitative estimate of drug-likeness (QED) is 0.139. The highest BCUT2D eigenvalue weighted by Gasteiger charge is 2.30. The molecule has 2 aliphatic rings. The Bertz CT molecular complexity index is 4500. The number of hydrogen-bond acceptors (Lipinski definition) is 1. The summed E-state index contributed by atoms with van der Waals surface area (Å²) in [5.41, 5.74) is 21.4. The molecule has 1 unspecified atom stereocenters. The Hall–Kier alpha value is -9.50. The van der Waals surface area contributed by atoms with Gasteiger partial charge in [0.15, 0.2) is 0 Å². The lowest BCUT2D eigenvalue weighted by atomic mass is 9.81. The first-order valence-corrected chi connectivity index (χ1v) is 26.7. The monoisotopic (exact) mass is 969 g/mol. The average Bonchev–Trinajstić information content (AvgIpc) is 4.05. The largest absolute Gasteiger partial charge is 0.455 e. The molecule has 2 nitrogen and oxygen atoms in total. The Morgan fingerprint density at radius 3 is 1.64 bits per heavy atom. The minimum absolute atomic E-state index is 0.166. The van der Waals surface area contributed by atoms with Crippen LogP contribution in [-0.4, -0.2) is 4.57 Å². The average molecular weight is 970 g/mol. The van der Waals surface area contributed by atoms with E-state index in [1.807, 2.05) is 0 Å². The molecule has 0 radical (unpaired) electrons. The summed E-state index contributed by atoms with van der Waals surface area (Å²) in [6, 6.07) is 89.3. The van der Waals surface area contributed by atoms with Gasteiger partial charge in [-0.3, -0.25) is 0 Å². The molecule has 2 heteroatoms. The van der Waals surface area contributed by atoms with Crippen LogP contribution in [0, 0.1) is 0 Å². The molecule has 0 saturated heterocycles. The van der Waals surface area contributed by atoms with Gasteiger partial charge in [-0.05, 0) is 144 Å². The van der Waals surface area contributed by atoms with Crippen LogP contribution in [0.25, 0.3) is 116 Å². The van der Waals surface area contributed by atoms with Gasteiger partial charge in [0.2, 0.25) is 0 Å². The predicted molar refractivity (Wildman–Crippen MR) is 320 cm³/mol. The number of hydrogen-bond donors (Lipinski definition) is 0. The van der Waals surface area contributed by atoms with Crippen molar-refractivity contribution in [2.45, 2.75) is 25.2 Å². The standard InChI is InChI=1S/C74H51NO/c1-6-20-48(21-7-1)56-43-64(51-24-10-3-11-25-51)73-67(45-56)68-46-57(49-22-8-2-9-23-49)44-65(74(68)76-73)55-37-40-60-59-30-18-19-33-69(59)75(70(60)47-55)58-38-34-50(35-39-58)54-36-41-63-66(42-54)72(53-28-14-5-15-29-53)62-32-17-16-31-61(62)71(63)52-26-12-4-13-27-52/h1-2,4-10,12-45,47,57H,3,11,46H2. The molecular weight excluding hydrogens is 919 g/mol. The van der Waals surface area contributed by atoms with Crippen LogP contribution in [0.4, 0.5) is 0 Å². The van der Waals surface area contributed by atoms with Crippen molar-refractivity contribution in [1.82, 2.24) is 4.57 Å². The summed E-state index contributed by atoms with van der Waals surface area (Å²) in [6.45, 7) is 0. The summed E-state index contributed by atoms with van der Waals surface area (Å²) < 4.78 is 9.77. The third-order valence-corrected chi connectivity index (χ3v) is 16.2. The molecule has 2 heterocycles. The van der Waals surface area contributed by atoms with Gasteiger partial charge in [0.25, 0.3) is 0 Å². The smallest absolute Gasteiger partial charge is 0.142 e. The van der Waals surface area contributed by atoms with Crippen LogP contribution in [0.3, 0.4) is 0 Å². The first-order valence-electron chi connectivity index (χ1n) is 26.7. The van der Waals surface area contributed by atoms with Gasteiger partial charge >= 0.3 is 0 Å². The summed E-state index contributed by atoms with van der Waals surface area (Å²) in [7, 11) is 0. The maximum Gasteiger partial charge on any atom is 0.142 e. The van der Waals surface area contributed by atoms with Crippen LogP contribution in [0.2, 0.25) is 0 Å². The highest BCUT2D eigenvalue weighted by molar-refractivity contribution is 6.22. The van der Waals surface area contributed by atoms with Crippen LogP contribution in [0.1, 0.15) is 46.8 Å². The van der Waals surface area contributed by atoms with Crippen LogP contribution in [0.15, 0.2) is 271 Å². The first kappa shape index (κ1) is 44.0. The van der Waals surface area contributed by atoms with E-state index in [0.717, 1.165) is 58.5 Å². The fourth-order valence-electron chi connectivity index (χ4n) is 12.6. The topological polar surface area (TPSA) is 18.1 Å². The van der Waals surface area contributed by atoms with E-state index < -0.39 is 0 Å². The molecule has 0 bridgehead atoms. The van der Waals surface area contributed by atoms with Gasteiger partial charge in [0, 0.05) is 44.5 Å².